The van der Waals surface area contributed by atoms with Crippen LogP contribution in [0.1, 0.15) is 5.56 Å². The highest BCUT2D eigenvalue weighted by atomic mass is 16.3. The summed E-state index contributed by atoms with van der Waals surface area (Å²) in [6.07, 6.45) is 3.14. The summed E-state index contributed by atoms with van der Waals surface area (Å²) in [7, 11) is 0. The highest BCUT2D eigenvalue weighted by molar-refractivity contribution is 5.43. The lowest BCUT2D eigenvalue weighted by Gasteiger charge is -1.97. The van der Waals surface area contributed by atoms with Crippen molar-refractivity contribution >= 4 is 5.69 Å². The standard InChI is InChI=1S/C6H8N2O/c7-6-1-2-8-3-5(6)4-9/h1-3,9H,4H2,(H2,7,8). The molecule has 3 N–H and O–H groups in total. The maximum absolute atomic E-state index is 8.60. The Morgan fingerprint density at radius 3 is 2.89 bits per heavy atom. The first-order valence-corrected chi connectivity index (χ1v) is 2.64. The zero-order valence-corrected chi connectivity index (χ0v) is 4.91. The van der Waals surface area contributed by atoms with Crippen LogP contribution in [-0.4, -0.2) is 10.1 Å². The van der Waals surface area contributed by atoms with Crippen LogP contribution in [0.3, 0.4) is 0 Å². The molecule has 0 radical (unpaired) electrons. The molecule has 0 aliphatic heterocycles. The van der Waals surface area contributed by atoms with Crippen LogP contribution >= 0.6 is 0 Å². The average Bonchev–Trinajstić information content (AvgIpc) is 1.89. The molecule has 0 amide bonds. The van der Waals surface area contributed by atoms with Crippen molar-refractivity contribution in [2.75, 3.05) is 5.73 Å². The number of nitrogens with zero attached hydrogens (tertiary/aromatic N) is 1. The first-order valence-electron chi connectivity index (χ1n) is 2.64. The molecule has 0 aromatic carbocycles. The van der Waals surface area contributed by atoms with Gasteiger partial charge in [0.15, 0.2) is 0 Å². The second kappa shape index (κ2) is 2.46. The van der Waals surface area contributed by atoms with E-state index in [-0.39, 0.29) is 6.61 Å². The molecule has 0 saturated heterocycles. The molecule has 0 aliphatic carbocycles. The van der Waals surface area contributed by atoms with E-state index in [0.29, 0.717) is 11.3 Å². The minimum absolute atomic E-state index is 0.0420. The second-order valence-electron chi connectivity index (χ2n) is 1.73. The van der Waals surface area contributed by atoms with Crippen molar-refractivity contribution in [3.8, 4) is 0 Å². The molecule has 0 unspecified atom stereocenters. The number of nitrogens with two attached hydrogens (primary N) is 1. The number of aliphatic hydroxyl groups excluding tert-OH is 1. The van der Waals surface area contributed by atoms with Gasteiger partial charge in [-0.25, -0.2) is 0 Å². The Morgan fingerprint density at radius 2 is 2.44 bits per heavy atom. The van der Waals surface area contributed by atoms with Gasteiger partial charge < -0.3 is 10.8 Å². The van der Waals surface area contributed by atoms with Crippen LogP contribution in [0.4, 0.5) is 5.69 Å². The number of anilines is 1. The van der Waals surface area contributed by atoms with Crippen LogP contribution in [0.25, 0.3) is 0 Å². The first kappa shape index (κ1) is 6.04. The van der Waals surface area contributed by atoms with E-state index in [2.05, 4.69) is 4.98 Å². The lowest BCUT2D eigenvalue weighted by molar-refractivity contribution is 0.282. The summed E-state index contributed by atoms with van der Waals surface area (Å²) in [5, 5.41) is 8.60. The van der Waals surface area contributed by atoms with Gasteiger partial charge in [0, 0.05) is 23.6 Å². The fourth-order valence-corrected chi connectivity index (χ4v) is 0.570. The van der Waals surface area contributed by atoms with Gasteiger partial charge in [-0.2, -0.15) is 0 Å². The molecule has 0 spiro atoms. The van der Waals surface area contributed by atoms with E-state index in [1.165, 1.54) is 0 Å². The third-order valence-electron chi connectivity index (χ3n) is 1.11. The number of nitrogen functional groups attached to an aromatic ring is 1. The van der Waals surface area contributed by atoms with Gasteiger partial charge in [-0.3, -0.25) is 4.98 Å². The summed E-state index contributed by atoms with van der Waals surface area (Å²) >= 11 is 0. The topological polar surface area (TPSA) is 59.1 Å². The number of aromatic nitrogens is 1. The van der Waals surface area contributed by atoms with Crippen molar-refractivity contribution in [3.63, 3.8) is 0 Å². The molecular weight excluding hydrogens is 116 g/mol. The highest BCUT2D eigenvalue weighted by Gasteiger charge is 1.92. The first-order chi connectivity index (χ1) is 4.34. The van der Waals surface area contributed by atoms with Crippen molar-refractivity contribution in [3.05, 3.63) is 24.0 Å². The molecule has 1 rings (SSSR count). The predicted octanol–water partition coefficient (Wildman–Crippen LogP) is 0.156. The van der Waals surface area contributed by atoms with Gasteiger partial charge in [-0.05, 0) is 6.07 Å². The van der Waals surface area contributed by atoms with E-state index >= 15 is 0 Å². The summed E-state index contributed by atoms with van der Waals surface area (Å²) in [6, 6.07) is 1.66. The lowest BCUT2D eigenvalue weighted by Crippen LogP contribution is -1.93. The highest BCUT2D eigenvalue weighted by Crippen LogP contribution is 2.06. The average molecular weight is 124 g/mol. The van der Waals surface area contributed by atoms with Crippen LogP contribution in [-0.2, 0) is 6.61 Å². The largest absolute Gasteiger partial charge is 0.398 e. The predicted molar refractivity (Wildman–Crippen MR) is 34.6 cm³/mol. The van der Waals surface area contributed by atoms with E-state index in [1.807, 2.05) is 0 Å². The Balaban J connectivity index is 3.01. The molecule has 3 nitrogen and oxygen atoms in total. The molecule has 1 aromatic rings. The third kappa shape index (κ3) is 1.17. The van der Waals surface area contributed by atoms with Crippen LogP contribution < -0.4 is 5.73 Å². The monoisotopic (exact) mass is 124 g/mol. The van der Waals surface area contributed by atoms with E-state index in [0.717, 1.165) is 0 Å². The van der Waals surface area contributed by atoms with Gasteiger partial charge in [0.25, 0.3) is 0 Å². The molecule has 1 aromatic heterocycles. The Bertz CT molecular complexity index is 200. The SMILES string of the molecule is Nc1ccncc1CO. The summed E-state index contributed by atoms with van der Waals surface area (Å²) in [5.41, 5.74) is 6.70. The van der Waals surface area contributed by atoms with Crippen LogP contribution in [0.5, 0.6) is 0 Å². The Morgan fingerprint density at radius 1 is 1.67 bits per heavy atom. The maximum Gasteiger partial charge on any atom is 0.0717 e. The lowest BCUT2D eigenvalue weighted by atomic mass is 10.2. The van der Waals surface area contributed by atoms with Gasteiger partial charge in [0.05, 0.1) is 6.61 Å². The summed E-state index contributed by atoms with van der Waals surface area (Å²) in [6.45, 7) is -0.0420. The smallest absolute Gasteiger partial charge is 0.0717 e. The van der Waals surface area contributed by atoms with Gasteiger partial charge >= 0.3 is 0 Å². The fraction of sp³-hybridized carbons (Fsp3) is 0.167. The van der Waals surface area contributed by atoms with Crippen LogP contribution in [0.2, 0.25) is 0 Å². The normalized spacial score (nSPS) is 9.44. The molecule has 9 heavy (non-hydrogen) atoms. The molecule has 0 fully saturated rings. The summed E-state index contributed by atoms with van der Waals surface area (Å²) in [5.74, 6) is 0. The Hall–Kier alpha value is -1.09. The van der Waals surface area contributed by atoms with Crippen molar-refractivity contribution in [2.24, 2.45) is 0 Å². The van der Waals surface area contributed by atoms with Gasteiger partial charge in [-0.15, -0.1) is 0 Å². The third-order valence-corrected chi connectivity index (χ3v) is 1.11. The van der Waals surface area contributed by atoms with Crippen molar-refractivity contribution < 1.29 is 5.11 Å². The zero-order chi connectivity index (χ0) is 6.69. The van der Waals surface area contributed by atoms with Crippen molar-refractivity contribution in [1.29, 1.82) is 0 Å². The Labute approximate surface area is 53.2 Å². The number of aliphatic hydroxyl groups is 1. The fourth-order valence-electron chi connectivity index (χ4n) is 0.570. The van der Waals surface area contributed by atoms with Gasteiger partial charge in [0.1, 0.15) is 0 Å². The number of pyridine rings is 1. The van der Waals surface area contributed by atoms with Crippen molar-refractivity contribution in [1.82, 2.24) is 4.98 Å². The maximum atomic E-state index is 8.60. The van der Waals surface area contributed by atoms with E-state index in [1.54, 1.807) is 18.5 Å². The quantitative estimate of drug-likeness (QED) is 0.560. The summed E-state index contributed by atoms with van der Waals surface area (Å²) in [4.78, 5) is 3.78. The minimum Gasteiger partial charge on any atom is -0.398 e. The number of hydrogen-bond acceptors (Lipinski definition) is 3. The molecule has 48 valence electrons. The van der Waals surface area contributed by atoms with Gasteiger partial charge in [-0.1, -0.05) is 0 Å². The Kier molecular flexibility index (Phi) is 1.65. The molecule has 0 atom stereocenters. The molecular formula is C6H8N2O. The second-order valence-corrected chi connectivity index (χ2v) is 1.73. The van der Waals surface area contributed by atoms with E-state index in [4.69, 9.17) is 10.8 Å². The molecule has 0 bridgehead atoms. The number of rotatable bonds is 1. The van der Waals surface area contributed by atoms with E-state index < -0.39 is 0 Å². The molecule has 0 saturated carbocycles. The van der Waals surface area contributed by atoms with Gasteiger partial charge in [0.2, 0.25) is 0 Å². The van der Waals surface area contributed by atoms with Crippen molar-refractivity contribution in [2.45, 2.75) is 6.61 Å². The molecule has 0 aliphatic rings. The summed E-state index contributed by atoms with van der Waals surface area (Å²) < 4.78 is 0. The van der Waals surface area contributed by atoms with Crippen LogP contribution in [0.15, 0.2) is 18.5 Å². The zero-order valence-electron chi connectivity index (χ0n) is 4.91. The molecule has 1 heterocycles. The minimum atomic E-state index is -0.0420. The number of hydrogen-bond donors (Lipinski definition) is 2. The van der Waals surface area contributed by atoms with E-state index in [9.17, 15) is 0 Å². The molecule has 3 heteroatoms. The van der Waals surface area contributed by atoms with Crippen LogP contribution in [0, 0.1) is 0 Å².